The lowest BCUT2D eigenvalue weighted by molar-refractivity contribution is -0.131. The van der Waals surface area contributed by atoms with Gasteiger partial charge >= 0.3 is 5.97 Å². The molecule has 2 rings (SSSR count). The number of hydrogen-bond acceptors (Lipinski definition) is 3. The highest BCUT2D eigenvalue weighted by atomic mass is 16.4. The van der Waals surface area contributed by atoms with Crippen molar-refractivity contribution in [3.05, 3.63) is 12.2 Å². The minimum atomic E-state index is -0.850. The Morgan fingerprint density at radius 3 is 2.71 bits per heavy atom. The first kappa shape index (κ1) is 12.6. The van der Waals surface area contributed by atoms with E-state index in [2.05, 4.69) is 9.80 Å². The molecule has 4 nitrogen and oxygen atoms in total. The number of carbonyl (C=O) groups is 1. The Balaban J connectivity index is 1.73. The van der Waals surface area contributed by atoms with Crippen LogP contribution in [0.1, 0.15) is 25.7 Å². The summed E-state index contributed by atoms with van der Waals surface area (Å²) in [6.45, 7) is 5.48. The molecule has 2 aliphatic rings. The van der Waals surface area contributed by atoms with E-state index >= 15 is 0 Å². The molecule has 1 N–H and O–H groups in total. The highest BCUT2D eigenvalue weighted by Gasteiger charge is 2.27. The molecule has 0 radical (unpaired) electrons. The molecule has 96 valence electrons. The molecule has 0 aromatic rings. The molecule has 0 aromatic carbocycles. The largest absolute Gasteiger partial charge is 0.478 e. The van der Waals surface area contributed by atoms with E-state index in [1.54, 1.807) is 6.08 Å². The SMILES string of the molecule is O=C(O)C=CCN1CCC(N2CCCCC2)C1. The number of carboxylic acids is 1. The highest BCUT2D eigenvalue weighted by molar-refractivity contribution is 5.79. The second-order valence-corrected chi connectivity index (χ2v) is 5.04. The van der Waals surface area contributed by atoms with Crippen molar-refractivity contribution in [2.45, 2.75) is 31.7 Å². The van der Waals surface area contributed by atoms with Crippen molar-refractivity contribution < 1.29 is 9.90 Å². The number of nitrogens with zero attached hydrogens (tertiary/aromatic N) is 2. The van der Waals surface area contributed by atoms with Crippen molar-refractivity contribution in [2.24, 2.45) is 0 Å². The third kappa shape index (κ3) is 3.82. The van der Waals surface area contributed by atoms with Crippen molar-refractivity contribution in [3.63, 3.8) is 0 Å². The van der Waals surface area contributed by atoms with Crippen LogP contribution in [-0.4, -0.2) is 59.6 Å². The van der Waals surface area contributed by atoms with Gasteiger partial charge in [0.25, 0.3) is 0 Å². The standard InChI is InChI=1S/C13H22N2O2/c16-13(17)5-4-7-14-10-6-12(11-14)15-8-2-1-3-9-15/h4-5,12H,1-3,6-11H2,(H,16,17). The molecule has 17 heavy (non-hydrogen) atoms. The first-order valence-corrected chi connectivity index (χ1v) is 6.61. The molecule has 1 atom stereocenters. The summed E-state index contributed by atoms with van der Waals surface area (Å²) in [5.41, 5.74) is 0. The van der Waals surface area contributed by atoms with Gasteiger partial charge in [0.05, 0.1) is 0 Å². The smallest absolute Gasteiger partial charge is 0.328 e. The predicted molar refractivity (Wildman–Crippen MR) is 67.0 cm³/mol. The third-order valence-electron chi connectivity index (χ3n) is 3.78. The molecule has 0 bridgehead atoms. The van der Waals surface area contributed by atoms with Gasteiger partial charge in [0.15, 0.2) is 0 Å². The summed E-state index contributed by atoms with van der Waals surface area (Å²) >= 11 is 0. The first-order valence-electron chi connectivity index (χ1n) is 6.61. The van der Waals surface area contributed by atoms with E-state index in [-0.39, 0.29) is 0 Å². The molecule has 2 heterocycles. The number of rotatable bonds is 4. The Hall–Kier alpha value is -0.870. The molecule has 0 aliphatic carbocycles. The molecule has 1 unspecified atom stereocenters. The Kier molecular flexibility index (Phi) is 4.57. The fraction of sp³-hybridized carbons (Fsp3) is 0.769. The van der Waals surface area contributed by atoms with Crippen molar-refractivity contribution in [3.8, 4) is 0 Å². The van der Waals surface area contributed by atoms with Gasteiger partial charge in [0.2, 0.25) is 0 Å². The predicted octanol–water partition coefficient (Wildman–Crippen LogP) is 1.19. The van der Waals surface area contributed by atoms with Crippen LogP contribution in [0, 0.1) is 0 Å². The topological polar surface area (TPSA) is 43.8 Å². The van der Waals surface area contributed by atoms with Crippen LogP contribution in [0.2, 0.25) is 0 Å². The second-order valence-electron chi connectivity index (χ2n) is 5.04. The quantitative estimate of drug-likeness (QED) is 0.747. The summed E-state index contributed by atoms with van der Waals surface area (Å²) < 4.78 is 0. The summed E-state index contributed by atoms with van der Waals surface area (Å²) in [6, 6.07) is 0.702. The van der Waals surface area contributed by atoms with Crippen LogP contribution >= 0.6 is 0 Å². The van der Waals surface area contributed by atoms with Crippen molar-refractivity contribution >= 4 is 5.97 Å². The average molecular weight is 238 g/mol. The van der Waals surface area contributed by atoms with Crippen LogP contribution in [0.4, 0.5) is 0 Å². The minimum absolute atomic E-state index is 0.702. The molecule has 4 heteroatoms. The monoisotopic (exact) mass is 238 g/mol. The average Bonchev–Trinajstić information content (AvgIpc) is 2.78. The Morgan fingerprint density at radius 1 is 1.24 bits per heavy atom. The zero-order chi connectivity index (χ0) is 12.1. The van der Waals surface area contributed by atoms with Crippen molar-refractivity contribution in [1.82, 2.24) is 9.80 Å². The molecular weight excluding hydrogens is 216 g/mol. The van der Waals surface area contributed by atoms with Crippen LogP contribution < -0.4 is 0 Å². The Bertz CT molecular complexity index is 285. The van der Waals surface area contributed by atoms with Crippen LogP contribution in [0.3, 0.4) is 0 Å². The highest BCUT2D eigenvalue weighted by Crippen LogP contribution is 2.19. The summed E-state index contributed by atoms with van der Waals surface area (Å²) in [7, 11) is 0. The molecule has 2 saturated heterocycles. The number of carboxylic acid groups (broad SMARTS) is 1. The summed E-state index contributed by atoms with van der Waals surface area (Å²) in [4.78, 5) is 15.3. The van der Waals surface area contributed by atoms with E-state index in [1.807, 2.05) is 0 Å². The molecule has 2 fully saturated rings. The number of hydrogen-bond donors (Lipinski definition) is 1. The molecule has 2 aliphatic heterocycles. The molecule has 0 aromatic heterocycles. The van der Waals surface area contributed by atoms with Gasteiger partial charge in [-0.1, -0.05) is 12.5 Å². The Morgan fingerprint density at radius 2 is 2.00 bits per heavy atom. The maximum absolute atomic E-state index is 10.4. The maximum Gasteiger partial charge on any atom is 0.328 e. The van der Waals surface area contributed by atoms with Crippen LogP contribution in [0.5, 0.6) is 0 Å². The number of aliphatic carboxylic acids is 1. The summed E-state index contributed by atoms with van der Waals surface area (Å²) in [6.07, 6.45) is 8.30. The van der Waals surface area contributed by atoms with E-state index in [9.17, 15) is 4.79 Å². The number of likely N-dealkylation sites (tertiary alicyclic amines) is 2. The van der Waals surface area contributed by atoms with Crippen LogP contribution in [0.15, 0.2) is 12.2 Å². The number of piperidine rings is 1. The van der Waals surface area contributed by atoms with Crippen LogP contribution in [0.25, 0.3) is 0 Å². The van der Waals surface area contributed by atoms with Crippen molar-refractivity contribution in [1.29, 1.82) is 0 Å². The van der Waals surface area contributed by atoms with E-state index in [0.29, 0.717) is 6.04 Å². The van der Waals surface area contributed by atoms with Gasteiger partial charge in [-0.3, -0.25) is 9.80 Å². The van der Waals surface area contributed by atoms with Crippen molar-refractivity contribution in [2.75, 3.05) is 32.7 Å². The van der Waals surface area contributed by atoms with E-state index < -0.39 is 5.97 Å². The fourth-order valence-electron chi connectivity index (χ4n) is 2.86. The molecule has 0 saturated carbocycles. The van der Waals surface area contributed by atoms with E-state index in [1.165, 1.54) is 44.8 Å². The zero-order valence-corrected chi connectivity index (χ0v) is 10.3. The lowest BCUT2D eigenvalue weighted by Crippen LogP contribution is -2.40. The Labute approximate surface area is 103 Å². The van der Waals surface area contributed by atoms with Gasteiger partial charge in [-0.15, -0.1) is 0 Å². The minimum Gasteiger partial charge on any atom is -0.478 e. The molecule has 0 amide bonds. The van der Waals surface area contributed by atoms with Gasteiger partial charge in [0, 0.05) is 31.8 Å². The van der Waals surface area contributed by atoms with Gasteiger partial charge < -0.3 is 5.11 Å². The zero-order valence-electron chi connectivity index (χ0n) is 10.3. The second kappa shape index (κ2) is 6.17. The normalized spacial score (nSPS) is 27.9. The lowest BCUT2D eigenvalue weighted by Gasteiger charge is -2.32. The summed E-state index contributed by atoms with van der Waals surface area (Å²) in [5.74, 6) is -0.850. The van der Waals surface area contributed by atoms with Gasteiger partial charge in [0.1, 0.15) is 0 Å². The first-order chi connectivity index (χ1) is 8.25. The van der Waals surface area contributed by atoms with Crippen LogP contribution in [-0.2, 0) is 4.79 Å². The van der Waals surface area contributed by atoms with E-state index in [4.69, 9.17) is 5.11 Å². The van der Waals surface area contributed by atoms with Gasteiger partial charge in [-0.05, 0) is 32.4 Å². The third-order valence-corrected chi connectivity index (χ3v) is 3.78. The molecule has 0 spiro atoms. The fourth-order valence-corrected chi connectivity index (χ4v) is 2.86. The molecular formula is C13H22N2O2. The van der Waals surface area contributed by atoms with Gasteiger partial charge in [-0.2, -0.15) is 0 Å². The van der Waals surface area contributed by atoms with Gasteiger partial charge in [-0.25, -0.2) is 4.79 Å². The van der Waals surface area contributed by atoms with E-state index in [0.717, 1.165) is 19.6 Å². The lowest BCUT2D eigenvalue weighted by atomic mass is 10.1. The summed E-state index contributed by atoms with van der Waals surface area (Å²) in [5, 5.41) is 8.53. The maximum atomic E-state index is 10.4.